The molecule has 0 spiro atoms. The smallest absolute Gasteiger partial charge is 0.185 e. The summed E-state index contributed by atoms with van der Waals surface area (Å²) < 4.78 is 11.3. The lowest BCUT2D eigenvalue weighted by Crippen LogP contribution is -2.38. The Morgan fingerprint density at radius 3 is 1.88 bits per heavy atom. The van der Waals surface area contributed by atoms with Crippen molar-refractivity contribution in [1.29, 1.82) is 0 Å². The molecule has 0 bridgehead atoms. The summed E-state index contributed by atoms with van der Waals surface area (Å²) in [6.07, 6.45) is 4.73. The topological polar surface area (TPSA) is 55.8 Å². The van der Waals surface area contributed by atoms with E-state index in [1.165, 1.54) is 11.1 Å². The molecule has 5 heteroatoms. The highest BCUT2D eigenvalue weighted by atomic mass is 16.5. The first-order chi connectivity index (χ1) is 19.4. The number of ketones is 2. The predicted octanol–water partition coefficient (Wildman–Crippen LogP) is 6.34. The third-order valence-corrected chi connectivity index (χ3v) is 7.64. The van der Waals surface area contributed by atoms with Gasteiger partial charge in [-0.3, -0.25) is 14.5 Å². The van der Waals surface area contributed by atoms with Gasteiger partial charge in [0.25, 0.3) is 0 Å². The Morgan fingerprint density at radius 1 is 0.825 bits per heavy atom. The molecule has 0 amide bonds. The fourth-order valence-electron chi connectivity index (χ4n) is 5.23. The Balaban J connectivity index is 1.32. The summed E-state index contributed by atoms with van der Waals surface area (Å²) in [5, 5.41) is 0. The van der Waals surface area contributed by atoms with Gasteiger partial charge in [-0.2, -0.15) is 0 Å². The molecule has 1 aliphatic heterocycles. The van der Waals surface area contributed by atoms with E-state index in [-0.39, 0.29) is 17.5 Å². The Morgan fingerprint density at radius 2 is 1.35 bits per heavy atom. The van der Waals surface area contributed by atoms with Crippen LogP contribution in [0.1, 0.15) is 45.5 Å². The molecule has 3 aromatic carbocycles. The van der Waals surface area contributed by atoms with Crippen LogP contribution in [0.4, 0.5) is 0 Å². The predicted molar refractivity (Wildman–Crippen MR) is 160 cm³/mol. The minimum absolute atomic E-state index is 0.0224. The van der Waals surface area contributed by atoms with Crippen molar-refractivity contribution < 1.29 is 19.1 Å². The minimum atomic E-state index is -0.306. The number of morpholine rings is 1. The van der Waals surface area contributed by atoms with Gasteiger partial charge in [0, 0.05) is 42.3 Å². The van der Waals surface area contributed by atoms with Crippen molar-refractivity contribution in [1.82, 2.24) is 4.90 Å². The number of Topliss-reactive ketones (excluding diaryl/α,β-unsaturated/α-hetero) is 2. The van der Waals surface area contributed by atoms with Crippen LogP contribution >= 0.6 is 0 Å². The second-order valence-electron chi connectivity index (χ2n) is 10.8. The maximum absolute atomic E-state index is 13.7. The third-order valence-electron chi connectivity index (χ3n) is 7.64. The normalized spacial score (nSPS) is 20.1. The fraction of sp³-hybridized carbons (Fsp3) is 0.314. The molecule has 2 aliphatic rings. The van der Waals surface area contributed by atoms with Crippen LogP contribution in [-0.2, 0) is 9.53 Å². The summed E-state index contributed by atoms with van der Waals surface area (Å²) in [7, 11) is 0. The van der Waals surface area contributed by atoms with Crippen molar-refractivity contribution in [3.63, 3.8) is 0 Å². The van der Waals surface area contributed by atoms with Crippen LogP contribution in [0.2, 0.25) is 0 Å². The average Bonchev–Trinajstić information content (AvgIpc) is 2.98. The molecule has 5 rings (SSSR count). The van der Waals surface area contributed by atoms with Crippen LogP contribution < -0.4 is 4.74 Å². The van der Waals surface area contributed by atoms with E-state index in [1.54, 1.807) is 0 Å². The molecule has 1 heterocycles. The molecule has 2 fully saturated rings. The molecule has 0 atom stereocenters. The molecule has 40 heavy (non-hydrogen) atoms. The highest BCUT2D eigenvalue weighted by molar-refractivity contribution is 6.15. The Bertz CT molecular complexity index is 1310. The van der Waals surface area contributed by atoms with Gasteiger partial charge in [0.15, 0.2) is 11.6 Å². The first-order valence-electron chi connectivity index (χ1n) is 14.1. The lowest BCUT2D eigenvalue weighted by molar-refractivity contribution is -0.113. The van der Waals surface area contributed by atoms with E-state index in [2.05, 4.69) is 4.90 Å². The lowest BCUT2D eigenvalue weighted by atomic mass is 9.76. The van der Waals surface area contributed by atoms with Crippen LogP contribution in [0.3, 0.4) is 0 Å². The lowest BCUT2D eigenvalue weighted by Gasteiger charge is -2.26. The molecular weight excluding hydrogens is 498 g/mol. The Hall–Kier alpha value is -3.80. The number of aryl methyl sites for hydroxylation is 2. The SMILES string of the molecule is Cc1ccc(/C=C2\CC(C(=O)c3ccc(OCCN4CCOCC4)cc3)C/C(=C\c3ccc(C)cc3)C2=O)cc1. The summed E-state index contributed by atoms with van der Waals surface area (Å²) in [4.78, 5) is 29.6. The summed E-state index contributed by atoms with van der Waals surface area (Å²) in [6.45, 7) is 8.94. The highest BCUT2D eigenvalue weighted by Gasteiger charge is 2.32. The number of hydrogen-bond donors (Lipinski definition) is 0. The molecule has 0 radical (unpaired) electrons. The first kappa shape index (κ1) is 27.8. The first-order valence-corrected chi connectivity index (χ1v) is 14.1. The number of nitrogens with zero attached hydrogens (tertiary/aromatic N) is 1. The number of carbonyl (C=O) groups is 2. The van der Waals surface area contributed by atoms with E-state index < -0.39 is 0 Å². The molecular formula is C35H37NO4. The quantitative estimate of drug-likeness (QED) is 0.249. The summed E-state index contributed by atoms with van der Waals surface area (Å²) in [6, 6.07) is 23.6. The van der Waals surface area contributed by atoms with Gasteiger partial charge in [0.2, 0.25) is 0 Å². The van der Waals surface area contributed by atoms with Gasteiger partial charge >= 0.3 is 0 Å². The maximum Gasteiger partial charge on any atom is 0.185 e. The molecule has 0 N–H and O–H groups in total. The highest BCUT2D eigenvalue weighted by Crippen LogP contribution is 2.35. The van der Waals surface area contributed by atoms with Crippen LogP contribution in [0, 0.1) is 19.8 Å². The summed E-state index contributed by atoms with van der Waals surface area (Å²) in [5.41, 5.74) is 6.26. The van der Waals surface area contributed by atoms with Crippen molar-refractivity contribution in [2.45, 2.75) is 26.7 Å². The summed E-state index contributed by atoms with van der Waals surface area (Å²) in [5.74, 6) is 0.522. The Labute approximate surface area is 237 Å². The fourth-order valence-corrected chi connectivity index (χ4v) is 5.23. The zero-order valence-electron chi connectivity index (χ0n) is 23.4. The van der Waals surface area contributed by atoms with E-state index >= 15 is 0 Å². The van der Waals surface area contributed by atoms with Crippen LogP contribution in [-0.4, -0.2) is 55.9 Å². The Kier molecular flexibility index (Phi) is 9.04. The van der Waals surface area contributed by atoms with E-state index in [1.807, 2.05) is 98.8 Å². The molecule has 0 aromatic heterocycles. The molecule has 1 aliphatic carbocycles. The standard InChI is InChI=1S/C35H37NO4/c1-25-3-7-27(8-4-25)21-30-23-32(24-31(35(30)38)22-28-9-5-26(2)6-10-28)34(37)29-11-13-33(14-12-29)40-20-17-36-15-18-39-19-16-36/h3-14,21-22,32H,15-20,23-24H2,1-2H3/b30-21+,31-22+. The molecule has 206 valence electrons. The molecule has 0 unspecified atom stereocenters. The van der Waals surface area contributed by atoms with Crippen LogP contribution in [0.15, 0.2) is 83.9 Å². The number of benzene rings is 3. The monoisotopic (exact) mass is 535 g/mol. The number of hydrogen-bond acceptors (Lipinski definition) is 5. The minimum Gasteiger partial charge on any atom is -0.492 e. The van der Waals surface area contributed by atoms with Crippen LogP contribution in [0.25, 0.3) is 12.2 Å². The average molecular weight is 536 g/mol. The number of ether oxygens (including phenoxy) is 2. The van der Waals surface area contributed by atoms with E-state index in [4.69, 9.17) is 9.47 Å². The van der Waals surface area contributed by atoms with Gasteiger partial charge in [-0.1, -0.05) is 59.7 Å². The molecule has 3 aromatic rings. The number of carbonyl (C=O) groups excluding carboxylic acids is 2. The second-order valence-corrected chi connectivity index (χ2v) is 10.8. The van der Waals surface area contributed by atoms with Crippen molar-refractivity contribution in [2.75, 3.05) is 39.5 Å². The third kappa shape index (κ3) is 7.23. The van der Waals surface area contributed by atoms with Crippen molar-refractivity contribution >= 4 is 23.7 Å². The number of allylic oxidation sites excluding steroid dienone is 2. The van der Waals surface area contributed by atoms with Crippen LogP contribution in [0.5, 0.6) is 5.75 Å². The summed E-state index contributed by atoms with van der Waals surface area (Å²) >= 11 is 0. The van der Waals surface area contributed by atoms with E-state index in [9.17, 15) is 9.59 Å². The largest absolute Gasteiger partial charge is 0.492 e. The van der Waals surface area contributed by atoms with E-state index in [0.29, 0.717) is 36.2 Å². The van der Waals surface area contributed by atoms with Gasteiger partial charge in [-0.05, 0) is 74.2 Å². The van der Waals surface area contributed by atoms with Crippen molar-refractivity contribution in [2.24, 2.45) is 5.92 Å². The van der Waals surface area contributed by atoms with Gasteiger partial charge in [-0.25, -0.2) is 0 Å². The molecule has 5 nitrogen and oxygen atoms in total. The van der Waals surface area contributed by atoms with Crippen molar-refractivity contribution in [3.8, 4) is 5.75 Å². The van der Waals surface area contributed by atoms with E-state index in [0.717, 1.165) is 49.7 Å². The van der Waals surface area contributed by atoms with Gasteiger partial charge in [-0.15, -0.1) is 0 Å². The van der Waals surface area contributed by atoms with Crippen molar-refractivity contribution in [3.05, 3.63) is 112 Å². The molecule has 1 saturated heterocycles. The van der Waals surface area contributed by atoms with Gasteiger partial charge in [0.1, 0.15) is 12.4 Å². The van der Waals surface area contributed by atoms with Gasteiger partial charge < -0.3 is 9.47 Å². The maximum atomic E-state index is 13.7. The zero-order valence-corrected chi connectivity index (χ0v) is 23.4. The van der Waals surface area contributed by atoms with Gasteiger partial charge in [0.05, 0.1) is 13.2 Å². The molecule has 1 saturated carbocycles. The second kappa shape index (κ2) is 13.0. The zero-order chi connectivity index (χ0) is 27.9. The number of rotatable bonds is 8.